The normalized spacial score (nSPS) is 11.8. The number of hydrogen-bond donors (Lipinski definition) is 1. The summed E-state index contributed by atoms with van der Waals surface area (Å²) in [6, 6.07) is 18.3. The lowest BCUT2D eigenvalue weighted by atomic mass is 10.0. The predicted molar refractivity (Wildman–Crippen MR) is 70.0 cm³/mol. The Morgan fingerprint density at radius 1 is 0.647 bits per heavy atom. The van der Waals surface area contributed by atoms with Crippen LogP contribution in [0.4, 0.5) is 0 Å². The van der Waals surface area contributed by atoms with Gasteiger partial charge < -0.3 is 5.11 Å². The molecule has 3 aromatic carbocycles. The standard InChI is InChI=1S/C16H10O/c17-14-9-3-7-12-11-6-1-4-10-5-2-8-13(15(10)11)16(12)14/h1-9,17H. The van der Waals surface area contributed by atoms with E-state index in [9.17, 15) is 5.11 Å². The summed E-state index contributed by atoms with van der Waals surface area (Å²) in [5, 5.41) is 12.5. The molecule has 0 amide bonds. The summed E-state index contributed by atoms with van der Waals surface area (Å²) in [5.41, 5.74) is 4.48. The average Bonchev–Trinajstić information content (AvgIpc) is 2.69. The molecule has 0 aliphatic heterocycles. The number of rotatable bonds is 0. The Morgan fingerprint density at radius 2 is 1.29 bits per heavy atom. The van der Waals surface area contributed by atoms with Crippen LogP contribution in [0.15, 0.2) is 54.6 Å². The van der Waals surface area contributed by atoms with Gasteiger partial charge in [-0.1, -0.05) is 48.5 Å². The van der Waals surface area contributed by atoms with Crippen LogP contribution in [0.2, 0.25) is 0 Å². The maximum atomic E-state index is 10.1. The van der Waals surface area contributed by atoms with E-state index >= 15 is 0 Å². The van der Waals surface area contributed by atoms with E-state index in [-0.39, 0.29) is 0 Å². The third kappa shape index (κ3) is 0.986. The first kappa shape index (κ1) is 8.82. The predicted octanol–water partition coefficient (Wildman–Crippen LogP) is 4.19. The minimum atomic E-state index is 0.367. The Morgan fingerprint density at radius 3 is 2.12 bits per heavy atom. The smallest absolute Gasteiger partial charge is 0.124 e. The summed E-state index contributed by atoms with van der Waals surface area (Å²) >= 11 is 0. The van der Waals surface area contributed by atoms with Gasteiger partial charge in [0.2, 0.25) is 0 Å². The summed E-state index contributed by atoms with van der Waals surface area (Å²) in [5.74, 6) is 0.367. The fraction of sp³-hybridized carbons (Fsp3) is 0. The number of hydrogen-bond acceptors (Lipinski definition) is 1. The van der Waals surface area contributed by atoms with Crippen molar-refractivity contribution in [3.05, 3.63) is 54.6 Å². The summed E-state index contributed by atoms with van der Waals surface area (Å²) in [6.07, 6.45) is 0. The lowest BCUT2D eigenvalue weighted by molar-refractivity contribution is 0.478. The molecule has 0 unspecified atom stereocenters. The lowest BCUT2D eigenvalue weighted by Gasteiger charge is -2.03. The van der Waals surface area contributed by atoms with E-state index in [1.165, 1.54) is 16.3 Å². The Kier molecular flexibility index (Phi) is 1.50. The molecule has 0 bridgehead atoms. The second-order valence-corrected chi connectivity index (χ2v) is 4.41. The van der Waals surface area contributed by atoms with E-state index in [0.717, 1.165) is 16.7 Å². The van der Waals surface area contributed by atoms with Gasteiger partial charge in [0.15, 0.2) is 0 Å². The van der Waals surface area contributed by atoms with Crippen molar-refractivity contribution in [1.29, 1.82) is 0 Å². The van der Waals surface area contributed by atoms with E-state index in [1.807, 2.05) is 12.1 Å². The molecule has 0 spiro atoms. The molecular weight excluding hydrogens is 208 g/mol. The molecule has 0 saturated carbocycles. The van der Waals surface area contributed by atoms with Crippen molar-refractivity contribution in [3.63, 3.8) is 0 Å². The second kappa shape index (κ2) is 2.89. The summed E-state index contributed by atoms with van der Waals surface area (Å²) < 4.78 is 0. The second-order valence-electron chi connectivity index (χ2n) is 4.41. The van der Waals surface area contributed by atoms with E-state index in [0.29, 0.717) is 5.75 Å². The van der Waals surface area contributed by atoms with E-state index < -0.39 is 0 Å². The summed E-state index contributed by atoms with van der Waals surface area (Å²) in [4.78, 5) is 0. The van der Waals surface area contributed by atoms with E-state index in [4.69, 9.17) is 0 Å². The fourth-order valence-electron chi connectivity index (χ4n) is 2.82. The third-order valence-electron chi connectivity index (χ3n) is 3.51. The Labute approximate surface area is 99.0 Å². The monoisotopic (exact) mass is 218 g/mol. The van der Waals surface area contributed by atoms with Crippen LogP contribution >= 0.6 is 0 Å². The molecule has 1 heteroatoms. The van der Waals surface area contributed by atoms with Crippen LogP contribution in [0.5, 0.6) is 5.75 Å². The molecule has 80 valence electrons. The SMILES string of the molecule is Oc1cccc2c1-c1cccc3cccc-2c13. The maximum Gasteiger partial charge on any atom is 0.124 e. The largest absolute Gasteiger partial charge is 0.507 e. The van der Waals surface area contributed by atoms with Crippen molar-refractivity contribution in [2.24, 2.45) is 0 Å². The highest BCUT2D eigenvalue weighted by atomic mass is 16.3. The zero-order chi connectivity index (χ0) is 11.4. The van der Waals surface area contributed by atoms with Gasteiger partial charge in [-0.25, -0.2) is 0 Å². The van der Waals surface area contributed by atoms with Gasteiger partial charge in [0.05, 0.1) is 0 Å². The first-order valence-corrected chi connectivity index (χ1v) is 5.71. The van der Waals surface area contributed by atoms with Crippen LogP contribution in [0.3, 0.4) is 0 Å². The molecule has 1 aliphatic carbocycles. The van der Waals surface area contributed by atoms with Crippen LogP contribution in [0.25, 0.3) is 33.0 Å². The van der Waals surface area contributed by atoms with Crippen molar-refractivity contribution >= 4 is 10.8 Å². The average molecular weight is 218 g/mol. The summed E-state index contributed by atoms with van der Waals surface area (Å²) in [6.45, 7) is 0. The van der Waals surface area contributed by atoms with Crippen LogP contribution in [-0.4, -0.2) is 5.11 Å². The molecule has 0 atom stereocenters. The van der Waals surface area contributed by atoms with Crippen molar-refractivity contribution in [3.8, 4) is 28.0 Å². The van der Waals surface area contributed by atoms with Gasteiger partial charge in [-0.2, -0.15) is 0 Å². The zero-order valence-electron chi connectivity index (χ0n) is 9.14. The number of phenols is 1. The van der Waals surface area contributed by atoms with Gasteiger partial charge in [-0.3, -0.25) is 0 Å². The van der Waals surface area contributed by atoms with E-state index in [1.54, 1.807) is 6.07 Å². The zero-order valence-corrected chi connectivity index (χ0v) is 9.14. The highest BCUT2D eigenvalue weighted by Crippen LogP contribution is 2.50. The quantitative estimate of drug-likeness (QED) is 0.469. The molecule has 1 nitrogen and oxygen atoms in total. The highest BCUT2D eigenvalue weighted by molar-refractivity contribution is 6.16. The molecule has 1 aliphatic rings. The molecule has 4 rings (SSSR count). The summed E-state index contributed by atoms with van der Waals surface area (Å²) in [7, 11) is 0. The van der Waals surface area contributed by atoms with Crippen LogP contribution in [0, 0.1) is 0 Å². The first-order valence-electron chi connectivity index (χ1n) is 5.71. The molecule has 0 heterocycles. The molecular formula is C16H10O. The van der Waals surface area contributed by atoms with Crippen LogP contribution < -0.4 is 0 Å². The molecule has 3 aromatic rings. The number of benzene rings is 3. The van der Waals surface area contributed by atoms with Crippen molar-refractivity contribution in [2.75, 3.05) is 0 Å². The first-order chi connectivity index (χ1) is 8.36. The fourth-order valence-corrected chi connectivity index (χ4v) is 2.82. The maximum absolute atomic E-state index is 10.1. The molecule has 0 saturated heterocycles. The highest BCUT2D eigenvalue weighted by Gasteiger charge is 2.22. The van der Waals surface area contributed by atoms with Crippen molar-refractivity contribution in [1.82, 2.24) is 0 Å². The molecule has 0 fully saturated rings. The third-order valence-corrected chi connectivity index (χ3v) is 3.51. The van der Waals surface area contributed by atoms with Crippen molar-refractivity contribution < 1.29 is 5.11 Å². The van der Waals surface area contributed by atoms with Gasteiger partial charge in [-0.15, -0.1) is 0 Å². The van der Waals surface area contributed by atoms with Crippen LogP contribution in [0.1, 0.15) is 0 Å². The van der Waals surface area contributed by atoms with Crippen molar-refractivity contribution in [2.45, 2.75) is 0 Å². The molecule has 0 radical (unpaired) electrons. The number of phenolic OH excluding ortho intramolecular Hbond substituents is 1. The Hall–Kier alpha value is -2.28. The molecule has 17 heavy (non-hydrogen) atoms. The van der Waals surface area contributed by atoms with Gasteiger partial charge in [0.1, 0.15) is 5.75 Å². The topological polar surface area (TPSA) is 20.2 Å². The minimum Gasteiger partial charge on any atom is -0.507 e. The van der Waals surface area contributed by atoms with E-state index in [2.05, 4.69) is 36.4 Å². The lowest BCUT2D eigenvalue weighted by Crippen LogP contribution is -1.76. The number of fused-ring (bicyclic) bond motifs is 3. The van der Waals surface area contributed by atoms with Gasteiger partial charge in [0, 0.05) is 5.56 Å². The minimum absolute atomic E-state index is 0.367. The number of aromatic hydroxyl groups is 1. The Bertz CT molecular complexity index is 751. The molecule has 0 aromatic heterocycles. The van der Waals surface area contributed by atoms with Gasteiger partial charge in [-0.05, 0) is 33.5 Å². The van der Waals surface area contributed by atoms with Crippen LogP contribution in [-0.2, 0) is 0 Å². The van der Waals surface area contributed by atoms with Gasteiger partial charge in [0.25, 0.3) is 0 Å². The molecule has 1 N–H and O–H groups in total. The van der Waals surface area contributed by atoms with Gasteiger partial charge >= 0.3 is 0 Å². The Balaban J connectivity index is 2.31.